The summed E-state index contributed by atoms with van der Waals surface area (Å²) in [6.45, 7) is 4.00. The molecular formula is C28H29N3O3S. The van der Waals surface area contributed by atoms with E-state index in [1.807, 2.05) is 80.6 Å². The van der Waals surface area contributed by atoms with Crippen LogP contribution in [-0.2, 0) is 4.79 Å². The van der Waals surface area contributed by atoms with Crippen molar-refractivity contribution in [2.75, 3.05) is 25.3 Å². The summed E-state index contributed by atoms with van der Waals surface area (Å²) in [5, 5.41) is 3.81. The summed E-state index contributed by atoms with van der Waals surface area (Å²) in [5.74, 6) is 2.18. The first-order valence-electron chi connectivity index (χ1n) is 11.4. The molecule has 1 amide bonds. The first-order chi connectivity index (χ1) is 17.0. The highest BCUT2D eigenvalue weighted by Gasteiger charge is 2.16. The van der Waals surface area contributed by atoms with E-state index in [2.05, 4.69) is 10.3 Å². The summed E-state index contributed by atoms with van der Waals surface area (Å²) in [6, 6.07) is 21.7. The lowest BCUT2D eigenvalue weighted by Crippen LogP contribution is -2.14. The van der Waals surface area contributed by atoms with E-state index in [1.54, 1.807) is 14.2 Å². The largest absolute Gasteiger partial charge is 0.497 e. The number of carbonyl (C=O) groups is 1. The number of anilines is 1. The zero-order valence-electron chi connectivity index (χ0n) is 20.3. The summed E-state index contributed by atoms with van der Waals surface area (Å²) in [6.07, 6.45) is 0.384. The van der Waals surface area contributed by atoms with Gasteiger partial charge >= 0.3 is 0 Å². The summed E-state index contributed by atoms with van der Waals surface area (Å²) in [7, 11) is 3.30. The van der Waals surface area contributed by atoms with Crippen LogP contribution in [-0.4, -0.2) is 35.8 Å². The number of nitrogens with zero attached hydrogens (tertiary/aromatic N) is 1. The monoisotopic (exact) mass is 487 g/mol. The minimum Gasteiger partial charge on any atom is -0.497 e. The van der Waals surface area contributed by atoms with Gasteiger partial charge in [0.05, 0.1) is 25.6 Å². The van der Waals surface area contributed by atoms with E-state index in [-0.39, 0.29) is 5.91 Å². The van der Waals surface area contributed by atoms with E-state index >= 15 is 0 Å². The number of thioether (sulfide) groups is 1. The van der Waals surface area contributed by atoms with E-state index in [9.17, 15) is 4.79 Å². The van der Waals surface area contributed by atoms with Crippen LogP contribution in [0.15, 0.2) is 71.9 Å². The number of nitrogens with one attached hydrogen (secondary N) is 2. The highest BCUT2D eigenvalue weighted by atomic mass is 32.2. The second-order valence-electron chi connectivity index (χ2n) is 8.14. The molecule has 7 heteroatoms. The van der Waals surface area contributed by atoms with E-state index < -0.39 is 0 Å². The molecule has 4 rings (SSSR count). The average Bonchev–Trinajstić information content (AvgIpc) is 3.30. The van der Waals surface area contributed by atoms with Gasteiger partial charge in [-0.2, -0.15) is 0 Å². The zero-order valence-corrected chi connectivity index (χ0v) is 21.2. The van der Waals surface area contributed by atoms with Gasteiger partial charge in [-0.3, -0.25) is 4.79 Å². The number of amides is 1. The number of carbonyl (C=O) groups excluding carboxylic acids is 1. The fraction of sp³-hybridized carbons (Fsp3) is 0.214. The van der Waals surface area contributed by atoms with Crippen LogP contribution >= 0.6 is 11.8 Å². The Morgan fingerprint density at radius 3 is 2.03 bits per heavy atom. The Morgan fingerprint density at radius 2 is 1.46 bits per heavy atom. The number of aromatic amines is 1. The number of hydrogen-bond acceptors (Lipinski definition) is 5. The molecule has 0 saturated carbocycles. The summed E-state index contributed by atoms with van der Waals surface area (Å²) < 4.78 is 10.6. The highest BCUT2D eigenvalue weighted by Crippen LogP contribution is 2.34. The van der Waals surface area contributed by atoms with Crippen molar-refractivity contribution in [1.29, 1.82) is 0 Å². The van der Waals surface area contributed by atoms with Gasteiger partial charge in [0.1, 0.15) is 11.5 Å². The molecule has 3 aromatic carbocycles. The van der Waals surface area contributed by atoms with Crippen molar-refractivity contribution in [3.8, 4) is 34.0 Å². The Labute approximate surface area is 210 Å². The van der Waals surface area contributed by atoms with Crippen LogP contribution in [0.1, 0.15) is 17.5 Å². The molecule has 0 bridgehead atoms. The van der Waals surface area contributed by atoms with Gasteiger partial charge in [0.25, 0.3) is 0 Å². The maximum atomic E-state index is 12.6. The van der Waals surface area contributed by atoms with E-state index in [0.29, 0.717) is 12.2 Å². The number of methoxy groups -OCH3 is 2. The van der Waals surface area contributed by atoms with Gasteiger partial charge in [0.2, 0.25) is 5.91 Å². The number of hydrogen-bond donors (Lipinski definition) is 2. The minimum atomic E-state index is -0.00721. The van der Waals surface area contributed by atoms with Crippen molar-refractivity contribution < 1.29 is 14.3 Å². The standard InChI is InChI=1S/C28H29N3O3S/c1-18-6-5-7-19(2)25(18)29-24(32)16-17-35-28-30-26(20-8-12-22(33-3)13-9-20)27(31-28)21-10-14-23(34-4)15-11-21/h5-15H,16-17H2,1-4H3,(H,29,32)(H,30,31). The fourth-order valence-corrected chi connectivity index (χ4v) is 4.61. The maximum absolute atomic E-state index is 12.6. The van der Waals surface area contributed by atoms with Crippen molar-refractivity contribution in [2.45, 2.75) is 25.4 Å². The van der Waals surface area contributed by atoms with Crippen LogP contribution in [0.4, 0.5) is 5.69 Å². The van der Waals surface area contributed by atoms with Crippen molar-refractivity contribution in [3.63, 3.8) is 0 Å². The maximum Gasteiger partial charge on any atom is 0.225 e. The number of ether oxygens (including phenoxy) is 2. The van der Waals surface area contributed by atoms with Gasteiger partial charge in [-0.1, -0.05) is 30.0 Å². The number of aromatic nitrogens is 2. The topological polar surface area (TPSA) is 76.2 Å². The Kier molecular flexibility index (Phi) is 7.77. The molecule has 1 heterocycles. The number of benzene rings is 3. The van der Waals surface area contributed by atoms with Crippen molar-refractivity contribution in [3.05, 3.63) is 77.9 Å². The predicted molar refractivity (Wildman–Crippen MR) is 142 cm³/mol. The summed E-state index contributed by atoms with van der Waals surface area (Å²) in [5.41, 5.74) is 6.76. The highest BCUT2D eigenvalue weighted by molar-refractivity contribution is 7.99. The molecule has 0 atom stereocenters. The predicted octanol–water partition coefficient (Wildman–Crippen LogP) is 6.50. The first-order valence-corrected chi connectivity index (χ1v) is 12.3. The Balaban J connectivity index is 1.51. The van der Waals surface area contributed by atoms with Gasteiger partial charge in [-0.15, -0.1) is 0 Å². The van der Waals surface area contributed by atoms with E-state index in [4.69, 9.17) is 14.5 Å². The minimum absolute atomic E-state index is 0.00721. The fourth-order valence-electron chi connectivity index (χ4n) is 3.80. The third-order valence-corrected chi connectivity index (χ3v) is 6.61. The molecule has 1 aromatic heterocycles. The van der Waals surface area contributed by atoms with E-state index in [0.717, 1.165) is 56.0 Å². The Bertz CT molecular complexity index is 1210. The second kappa shape index (κ2) is 11.1. The Morgan fingerprint density at radius 1 is 0.886 bits per heavy atom. The van der Waals surface area contributed by atoms with Crippen LogP contribution in [0.2, 0.25) is 0 Å². The number of rotatable bonds is 9. The van der Waals surface area contributed by atoms with Crippen LogP contribution in [0, 0.1) is 13.8 Å². The summed E-state index contributed by atoms with van der Waals surface area (Å²) in [4.78, 5) is 20.9. The molecule has 0 radical (unpaired) electrons. The van der Waals surface area contributed by atoms with Gasteiger partial charge in [0, 0.05) is 29.0 Å². The van der Waals surface area contributed by atoms with Gasteiger partial charge in [-0.25, -0.2) is 4.98 Å². The van der Waals surface area contributed by atoms with Crippen LogP contribution in [0.3, 0.4) is 0 Å². The molecule has 2 N–H and O–H groups in total. The summed E-state index contributed by atoms with van der Waals surface area (Å²) >= 11 is 1.53. The molecular weight excluding hydrogens is 458 g/mol. The molecule has 0 aliphatic rings. The molecule has 0 aliphatic carbocycles. The number of para-hydroxylation sites is 1. The molecule has 0 saturated heterocycles. The Hall–Kier alpha value is -3.71. The molecule has 35 heavy (non-hydrogen) atoms. The molecule has 180 valence electrons. The van der Waals surface area contributed by atoms with Gasteiger partial charge in [0.15, 0.2) is 5.16 Å². The lowest BCUT2D eigenvalue weighted by Gasteiger charge is -2.11. The molecule has 0 aliphatic heterocycles. The lowest BCUT2D eigenvalue weighted by molar-refractivity contribution is -0.115. The average molecular weight is 488 g/mol. The number of imidazole rings is 1. The third kappa shape index (κ3) is 5.87. The second-order valence-corrected chi connectivity index (χ2v) is 9.22. The molecule has 0 unspecified atom stereocenters. The van der Waals surface area contributed by atoms with Crippen molar-refractivity contribution in [2.24, 2.45) is 0 Å². The van der Waals surface area contributed by atoms with Crippen LogP contribution < -0.4 is 14.8 Å². The smallest absolute Gasteiger partial charge is 0.225 e. The first kappa shape index (κ1) is 24.4. The normalized spacial score (nSPS) is 10.7. The molecule has 6 nitrogen and oxygen atoms in total. The number of aryl methyl sites for hydroxylation is 2. The van der Waals surface area contributed by atoms with Crippen molar-refractivity contribution >= 4 is 23.4 Å². The molecule has 4 aromatic rings. The van der Waals surface area contributed by atoms with E-state index in [1.165, 1.54) is 11.8 Å². The SMILES string of the molecule is COc1ccc(-c2nc(SCCC(=O)Nc3c(C)cccc3C)[nH]c2-c2ccc(OC)cc2)cc1. The van der Waals surface area contributed by atoms with Crippen molar-refractivity contribution in [1.82, 2.24) is 9.97 Å². The van der Waals surface area contributed by atoms with Gasteiger partial charge < -0.3 is 19.8 Å². The number of H-pyrrole nitrogens is 1. The molecule has 0 spiro atoms. The third-order valence-electron chi connectivity index (χ3n) is 5.74. The van der Waals surface area contributed by atoms with Crippen LogP contribution in [0.5, 0.6) is 11.5 Å². The lowest BCUT2D eigenvalue weighted by atomic mass is 10.0. The van der Waals surface area contributed by atoms with Crippen LogP contribution in [0.25, 0.3) is 22.5 Å². The molecule has 0 fully saturated rings. The van der Waals surface area contributed by atoms with Gasteiger partial charge in [-0.05, 0) is 73.5 Å². The quantitative estimate of drug-likeness (QED) is 0.264. The zero-order chi connectivity index (χ0) is 24.8.